The van der Waals surface area contributed by atoms with Gasteiger partial charge in [0.2, 0.25) is 0 Å². The van der Waals surface area contributed by atoms with Crippen molar-refractivity contribution in [2.45, 2.75) is 33.6 Å². The standard InChI is InChI=1S/C15H22N2O2S2/c1-9-6-5-7-17(8-9)15(20)16-13-12(14(18)19-4)10(2)11(3)21-13/h9H,5-8H2,1-4H3,(H,16,20). The van der Waals surface area contributed by atoms with E-state index in [9.17, 15) is 4.79 Å². The summed E-state index contributed by atoms with van der Waals surface area (Å²) in [6.45, 7) is 8.14. The van der Waals surface area contributed by atoms with Crippen LogP contribution in [-0.2, 0) is 4.74 Å². The molecular formula is C15H22N2O2S2. The molecule has 1 unspecified atom stereocenters. The molecule has 1 aliphatic rings. The lowest BCUT2D eigenvalue weighted by Gasteiger charge is -2.32. The van der Waals surface area contributed by atoms with E-state index in [0.717, 1.165) is 35.0 Å². The van der Waals surface area contributed by atoms with E-state index in [4.69, 9.17) is 17.0 Å². The highest BCUT2D eigenvalue weighted by atomic mass is 32.1. The fraction of sp³-hybridized carbons (Fsp3) is 0.600. The van der Waals surface area contributed by atoms with Crippen molar-refractivity contribution in [2.24, 2.45) is 5.92 Å². The second kappa shape index (κ2) is 6.75. The molecule has 1 N–H and O–H groups in total. The Kier molecular flexibility index (Phi) is 5.22. The van der Waals surface area contributed by atoms with Crippen LogP contribution in [0.5, 0.6) is 0 Å². The molecule has 1 atom stereocenters. The third-order valence-electron chi connectivity index (χ3n) is 3.94. The van der Waals surface area contributed by atoms with E-state index in [-0.39, 0.29) is 5.97 Å². The van der Waals surface area contributed by atoms with E-state index in [1.54, 1.807) is 11.3 Å². The number of likely N-dealkylation sites (tertiary alicyclic amines) is 1. The van der Waals surface area contributed by atoms with Gasteiger partial charge in [-0.05, 0) is 50.4 Å². The van der Waals surface area contributed by atoms with Crippen molar-refractivity contribution in [3.8, 4) is 0 Å². The molecule has 1 aromatic rings. The number of rotatable bonds is 2. The predicted molar refractivity (Wildman–Crippen MR) is 91.3 cm³/mol. The van der Waals surface area contributed by atoms with E-state index in [2.05, 4.69) is 17.1 Å². The predicted octanol–water partition coefficient (Wildman–Crippen LogP) is 3.58. The van der Waals surface area contributed by atoms with E-state index in [0.29, 0.717) is 16.6 Å². The number of hydrogen-bond acceptors (Lipinski definition) is 4. The third-order valence-corrected chi connectivity index (χ3v) is 5.42. The Morgan fingerprint density at radius 2 is 2.19 bits per heavy atom. The highest BCUT2D eigenvalue weighted by molar-refractivity contribution is 7.80. The van der Waals surface area contributed by atoms with Gasteiger partial charge in [-0.25, -0.2) is 4.79 Å². The summed E-state index contributed by atoms with van der Waals surface area (Å²) in [4.78, 5) is 15.3. The number of aryl methyl sites for hydroxylation is 1. The van der Waals surface area contributed by atoms with Crippen LogP contribution in [0.15, 0.2) is 0 Å². The number of hydrogen-bond donors (Lipinski definition) is 1. The number of anilines is 1. The van der Waals surface area contributed by atoms with Gasteiger partial charge >= 0.3 is 5.97 Å². The molecule has 2 rings (SSSR count). The molecule has 0 spiro atoms. The Bertz CT molecular complexity index is 554. The number of thiocarbonyl (C=S) groups is 1. The van der Waals surface area contributed by atoms with Crippen molar-refractivity contribution in [3.63, 3.8) is 0 Å². The zero-order valence-electron chi connectivity index (χ0n) is 13.0. The van der Waals surface area contributed by atoms with Crippen LogP contribution in [0.4, 0.5) is 5.00 Å². The molecule has 0 aliphatic carbocycles. The molecule has 0 saturated carbocycles. The molecule has 21 heavy (non-hydrogen) atoms. The lowest BCUT2D eigenvalue weighted by Crippen LogP contribution is -2.41. The van der Waals surface area contributed by atoms with Crippen LogP contribution in [0.25, 0.3) is 0 Å². The average Bonchev–Trinajstić information content (AvgIpc) is 2.73. The fourth-order valence-electron chi connectivity index (χ4n) is 2.61. The first kappa shape index (κ1) is 16.2. The number of thiophene rings is 1. The van der Waals surface area contributed by atoms with Gasteiger partial charge in [0.15, 0.2) is 5.11 Å². The van der Waals surface area contributed by atoms with Gasteiger partial charge in [-0.15, -0.1) is 11.3 Å². The number of esters is 1. The largest absolute Gasteiger partial charge is 0.465 e. The maximum absolute atomic E-state index is 12.0. The first-order valence-corrected chi connectivity index (χ1v) is 8.40. The summed E-state index contributed by atoms with van der Waals surface area (Å²) in [5, 5.41) is 4.75. The summed E-state index contributed by atoms with van der Waals surface area (Å²) in [7, 11) is 1.41. The molecule has 0 bridgehead atoms. The molecule has 0 radical (unpaired) electrons. The maximum atomic E-state index is 12.0. The van der Waals surface area contributed by atoms with E-state index >= 15 is 0 Å². The molecule has 0 aromatic carbocycles. The topological polar surface area (TPSA) is 41.6 Å². The fourth-order valence-corrected chi connectivity index (χ4v) is 3.99. The van der Waals surface area contributed by atoms with Gasteiger partial charge in [0.25, 0.3) is 0 Å². The Hall–Kier alpha value is -1.14. The number of carbonyl (C=O) groups excluding carboxylic acids is 1. The summed E-state index contributed by atoms with van der Waals surface area (Å²) in [5.41, 5.74) is 1.57. The van der Waals surface area contributed by atoms with Crippen molar-refractivity contribution in [1.82, 2.24) is 4.90 Å². The summed E-state index contributed by atoms with van der Waals surface area (Å²) >= 11 is 7.06. The number of carbonyl (C=O) groups is 1. The molecular weight excluding hydrogens is 304 g/mol. The van der Waals surface area contributed by atoms with Crippen molar-refractivity contribution < 1.29 is 9.53 Å². The third kappa shape index (κ3) is 3.55. The van der Waals surface area contributed by atoms with E-state index < -0.39 is 0 Å². The molecule has 6 heteroatoms. The smallest absolute Gasteiger partial charge is 0.341 e. The summed E-state index contributed by atoms with van der Waals surface area (Å²) < 4.78 is 4.89. The van der Waals surface area contributed by atoms with Gasteiger partial charge in [-0.2, -0.15) is 0 Å². The highest BCUT2D eigenvalue weighted by Crippen LogP contribution is 2.33. The zero-order chi connectivity index (χ0) is 15.6. The number of ether oxygens (including phenoxy) is 1. The van der Waals surface area contributed by atoms with E-state index in [1.807, 2.05) is 13.8 Å². The second-order valence-corrected chi connectivity index (χ2v) is 7.21. The van der Waals surface area contributed by atoms with Crippen LogP contribution in [0.1, 0.15) is 40.6 Å². The minimum Gasteiger partial charge on any atom is -0.465 e. The lowest BCUT2D eigenvalue weighted by molar-refractivity contribution is 0.0601. The zero-order valence-corrected chi connectivity index (χ0v) is 14.6. The monoisotopic (exact) mass is 326 g/mol. The highest BCUT2D eigenvalue weighted by Gasteiger charge is 2.23. The molecule has 0 amide bonds. The van der Waals surface area contributed by atoms with Gasteiger partial charge < -0.3 is 15.0 Å². The summed E-state index contributed by atoms with van der Waals surface area (Å²) in [6.07, 6.45) is 2.42. The number of nitrogens with zero attached hydrogens (tertiary/aromatic N) is 1. The van der Waals surface area contributed by atoms with Gasteiger partial charge in [0.05, 0.1) is 12.7 Å². The first-order valence-electron chi connectivity index (χ1n) is 7.18. The minimum atomic E-state index is -0.311. The lowest BCUT2D eigenvalue weighted by atomic mass is 10.0. The quantitative estimate of drug-likeness (QED) is 0.664. The van der Waals surface area contributed by atoms with Crippen molar-refractivity contribution in [1.29, 1.82) is 0 Å². The normalized spacial score (nSPS) is 18.5. The van der Waals surface area contributed by atoms with E-state index in [1.165, 1.54) is 13.5 Å². The molecule has 1 fully saturated rings. The van der Waals surface area contributed by atoms with Crippen molar-refractivity contribution in [2.75, 3.05) is 25.5 Å². The Labute approximate surface area is 135 Å². The number of nitrogens with one attached hydrogen (secondary N) is 1. The second-order valence-electron chi connectivity index (χ2n) is 5.60. The summed E-state index contributed by atoms with van der Waals surface area (Å²) in [5.74, 6) is 0.347. The number of methoxy groups -OCH3 is 1. The molecule has 1 aliphatic heterocycles. The van der Waals surface area contributed by atoms with Crippen LogP contribution >= 0.6 is 23.6 Å². The Morgan fingerprint density at radius 1 is 1.48 bits per heavy atom. The molecule has 4 nitrogen and oxygen atoms in total. The van der Waals surface area contributed by atoms with Crippen LogP contribution in [-0.4, -0.2) is 36.2 Å². The SMILES string of the molecule is COC(=O)c1c(NC(=S)N2CCCC(C)C2)sc(C)c1C. The Morgan fingerprint density at radius 3 is 2.81 bits per heavy atom. The minimum absolute atomic E-state index is 0.311. The van der Waals surface area contributed by atoms with Crippen LogP contribution < -0.4 is 5.32 Å². The number of piperidine rings is 1. The van der Waals surface area contributed by atoms with Crippen molar-refractivity contribution in [3.05, 3.63) is 16.0 Å². The molecule has 116 valence electrons. The van der Waals surface area contributed by atoms with Gasteiger partial charge in [0, 0.05) is 18.0 Å². The average molecular weight is 326 g/mol. The van der Waals surface area contributed by atoms with Crippen LogP contribution in [0.3, 0.4) is 0 Å². The molecule has 1 aromatic heterocycles. The van der Waals surface area contributed by atoms with Gasteiger partial charge in [0.1, 0.15) is 5.00 Å². The van der Waals surface area contributed by atoms with Crippen molar-refractivity contribution >= 4 is 39.6 Å². The molecule has 2 heterocycles. The maximum Gasteiger partial charge on any atom is 0.341 e. The van der Waals surface area contributed by atoms with Crippen LogP contribution in [0, 0.1) is 19.8 Å². The Balaban J connectivity index is 2.17. The summed E-state index contributed by atoms with van der Waals surface area (Å²) in [6, 6.07) is 0. The van der Waals surface area contributed by atoms with Gasteiger partial charge in [-0.3, -0.25) is 0 Å². The first-order chi connectivity index (χ1) is 9.93. The van der Waals surface area contributed by atoms with Gasteiger partial charge in [-0.1, -0.05) is 6.92 Å². The molecule has 1 saturated heterocycles. The van der Waals surface area contributed by atoms with Crippen LogP contribution in [0.2, 0.25) is 0 Å².